The molecule has 0 aromatic carbocycles. The summed E-state index contributed by atoms with van der Waals surface area (Å²) in [6, 6.07) is 3.76. The fourth-order valence-corrected chi connectivity index (χ4v) is 8.13. The lowest BCUT2D eigenvalue weighted by Gasteiger charge is -2.40. The minimum atomic E-state index is -3.36. The SMILES string of the molecule is CN1C(=O)C[C@H](C(=O)NCCCCCCNS(=O)(=O)C2CCN(C3CCC(C(=O)O)CC3)CC2)[C@H]1c1cccnc1. The van der Waals surface area contributed by atoms with Crippen molar-refractivity contribution in [3.63, 3.8) is 0 Å². The molecule has 0 radical (unpaired) electrons. The third kappa shape index (κ3) is 8.26. The Morgan fingerprint density at radius 3 is 2.34 bits per heavy atom. The zero-order chi connectivity index (χ0) is 29.4. The summed E-state index contributed by atoms with van der Waals surface area (Å²) in [5.74, 6) is -1.54. The van der Waals surface area contributed by atoms with Gasteiger partial charge < -0.3 is 20.2 Å². The van der Waals surface area contributed by atoms with E-state index in [0.29, 0.717) is 44.8 Å². The molecule has 1 saturated carbocycles. The second-order valence-corrected chi connectivity index (χ2v) is 13.8. The molecule has 1 aliphatic carbocycles. The number of piperidine rings is 1. The van der Waals surface area contributed by atoms with E-state index < -0.39 is 21.9 Å². The first kappa shape index (κ1) is 31.4. The normalized spacial score (nSPS) is 26.3. The summed E-state index contributed by atoms with van der Waals surface area (Å²) < 4.78 is 28.4. The Hall–Kier alpha value is -2.57. The molecule has 0 bridgehead atoms. The van der Waals surface area contributed by atoms with E-state index in [9.17, 15) is 27.9 Å². The maximum absolute atomic E-state index is 12.9. The fraction of sp³-hybridized carbons (Fsp3) is 0.724. The molecule has 2 saturated heterocycles. The summed E-state index contributed by atoms with van der Waals surface area (Å²) in [6.07, 6.45) is 11.2. The summed E-state index contributed by atoms with van der Waals surface area (Å²) >= 11 is 0. The van der Waals surface area contributed by atoms with Crippen molar-refractivity contribution >= 4 is 27.8 Å². The van der Waals surface area contributed by atoms with Crippen molar-refractivity contribution in [2.45, 2.75) is 88.0 Å². The number of rotatable bonds is 13. The van der Waals surface area contributed by atoms with Crippen molar-refractivity contribution in [1.29, 1.82) is 0 Å². The van der Waals surface area contributed by atoms with Crippen LogP contribution in [0, 0.1) is 11.8 Å². The van der Waals surface area contributed by atoms with Crippen LogP contribution in [0.1, 0.15) is 82.2 Å². The van der Waals surface area contributed by atoms with Gasteiger partial charge in [0.1, 0.15) is 0 Å². The number of amides is 2. The number of carboxylic acids is 1. The van der Waals surface area contributed by atoms with Gasteiger partial charge in [-0.2, -0.15) is 0 Å². The molecule has 2 atom stereocenters. The zero-order valence-corrected chi connectivity index (χ0v) is 24.9. The molecule has 4 rings (SSSR count). The average Bonchev–Trinajstić information content (AvgIpc) is 3.28. The van der Waals surface area contributed by atoms with E-state index in [-0.39, 0.29) is 35.4 Å². The van der Waals surface area contributed by atoms with Crippen LogP contribution in [0.4, 0.5) is 0 Å². The summed E-state index contributed by atoms with van der Waals surface area (Å²) in [7, 11) is -1.64. The Bertz CT molecular complexity index is 1130. The highest BCUT2D eigenvalue weighted by molar-refractivity contribution is 7.90. The smallest absolute Gasteiger partial charge is 0.306 e. The monoisotopic (exact) mass is 591 g/mol. The molecule has 3 fully saturated rings. The van der Waals surface area contributed by atoms with E-state index in [4.69, 9.17) is 0 Å². The predicted molar refractivity (Wildman–Crippen MR) is 154 cm³/mol. The highest BCUT2D eigenvalue weighted by Crippen LogP contribution is 2.36. The number of aliphatic carboxylic acids is 1. The predicted octanol–water partition coefficient (Wildman–Crippen LogP) is 2.30. The van der Waals surface area contributed by atoms with Gasteiger partial charge in [0.2, 0.25) is 21.8 Å². The second kappa shape index (κ2) is 14.6. The molecule has 41 heavy (non-hydrogen) atoms. The van der Waals surface area contributed by atoms with E-state index in [1.165, 1.54) is 0 Å². The number of carboxylic acid groups (broad SMARTS) is 1. The highest BCUT2D eigenvalue weighted by Gasteiger charge is 2.42. The molecule has 11 nitrogen and oxygen atoms in total. The molecule has 12 heteroatoms. The van der Waals surface area contributed by atoms with Gasteiger partial charge in [-0.05, 0) is 76.1 Å². The van der Waals surface area contributed by atoms with Gasteiger partial charge in [-0.3, -0.25) is 19.4 Å². The van der Waals surface area contributed by atoms with E-state index in [0.717, 1.165) is 57.2 Å². The number of pyridine rings is 1. The number of nitrogens with one attached hydrogen (secondary N) is 2. The van der Waals surface area contributed by atoms with Crippen LogP contribution in [0.15, 0.2) is 24.5 Å². The molecule has 228 valence electrons. The van der Waals surface area contributed by atoms with Gasteiger partial charge in [0.05, 0.1) is 23.1 Å². The maximum atomic E-state index is 12.9. The summed E-state index contributed by atoms with van der Waals surface area (Å²) in [6.45, 7) is 2.43. The van der Waals surface area contributed by atoms with Crippen molar-refractivity contribution in [2.75, 3.05) is 33.2 Å². The first-order valence-corrected chi connectivity index (χ1v) is 16.6. The van der Waals surface area contributed by atoms with Crippen LogP contribution in [0.3, 0.4) is 0 Å². The molecule has 1 aromatic heterocycles. The maximum Gasteiger partial charge on any atom is 0.306 e. The first-order chi connectivity index (χ1) is 19.7. The summed E-state index contributed by atoms with van der Waals surface area (Å²) in [4.78, 5) is 44.4. The van der Waals surface area contributed by atoms with Crippen LogP contribution in [0.2, 0.25) is 0 Å². The van der Waals surface area contributed by atoms with E-state index in [1.54, 1.807) is 24.3 Å². The molecule has 0 spiro atoms. The number of hydrogen-bond acceptors (Lipinski definition) is 7. The van der Waals surface area contributed by atoms with Gasteiger partial charge in [-0.25, -0.2) is 13.1 Å². The number of nitrogens with zero attached hydrogens (tertiary/aromatic N) is 3. The molecule has 3 heterocycles. The number of carbonyl (C=O) groups is 3. The third-order valence-electron chi connectivity index (χ3n) is 9.13. The van der Waals surface area contributed by atoms with Crippen LogP contribution in [-0.2, 0) is 24.4 Å². The van der Waals surface area contributed by atoms with Crippen LogP contribution in [0.5, 0.6) is 0 Å². The van der Waals surface area contributed by atoms with Crippen LogP contribution < -0.4 is 10.0 Å². The molecular weight excluding hydrogens is 546 g/mol. The topological polar surface area (TPSA) is 149 Å². The number of likely N-dealkylation sites (tertiary alicyclic amines) is 2. The van der Waals surface area contributed by atoms with Crippen molar-refractivity contribution in [3.8, 4) is 0 Å². The standard InChI is InChI=1S/C29H45N5O6S/c1-33-26(35)19-25(27(33)22-7-6-14-30-20-22)28(36)31-15-4-2-3-5-16-32-41(39,40)24-12-17-34(18-13-24)23-10-8-21(9-11-23)29(37)38/h6-7,14,20-21,23-25,27,32H,2-5,8-13,15-19H2,1H3,(H,31,36)(H,37,38)/t21?,23?,25-,27+/m0/s1. The number of hydrogen-bond donors (Lipinski definition) is 3. The molecule has 3 N–H and O–H groups in total. The Morgan fingerprint density at radius 2 is 1.71 bits per heavy atom. The highest BCUT2D eigenvalue weighted by atomic mass is 32.2. The van der Waals surface area contributed by atoms with Crippen LogP contribution in [-0.4, -0.2) is 90.6 Å². The van der Waals surface area contributed by atoms with Gasteiger partial charge >= 0.3 is 5.97 Å². The number of unbranched alkanes of at least 4 members (excludes halogenated alkanes) is 3. The second-order valence-electron chi connectivity index (χ2n) is 11.8. The number of sulfonamides is 1. The van der Waals surface area contributed by atoms with Crippen molar-refractivity contribution in [2.24, 2.45) is 11.8 Å². The molecule has 0 unspecified atom stereocenters. The van der Waals surface area contributed by atoms with Gasteiger partial charge in [0.25, 0.3) is 0 Å². The third-order valence-corrected chi connectivity index (χ3v) is 11.1. The first-order valence-electron chi connectivity index (χ1n) is 15.1. The molecule has 2 amide bonds. The lowest BCUT2D eigenvalue weighted by atomic mass is 9.85. The molecule has 2 aliphatic heterocycles. The minimum absolute atomic E-state index is 0.0492. The van der Waals surface area contributed by atoms with E-state index in [1.807, 2.05) is 12.1 Å². The van der Waals surface area contributed by atoms with Crippen molar-refractivity contribution in [3.05, 3.63) is 30.1 Å². The molecule has 1 aromatic rings. The Morgan fingerprint density at radius 1 is 1.02 bits per heavy atom. The Kier molecular flexibility index (Phi) is 11.1. The van der Waals surface area contributed by atoms with Crippen molar-refractivity contribution < 1.29 is 27.9 Å². The Balaban J connectivity index is 1.07. The van der Waals surface area contributed by atoms with E-state index >= 15 is 0 Å². The quantitative estimate of drug-likeness (QED) is 0.296. The molecule has 3 aliphatic rings. The Labute approximate surface area is 243 Å². The van der Waals surface area contributed by atoms with Gasteiger partial charge in [-0.1, -0.05) is 18.9 Å². The van der Waals surface area contributed by atoms with Gasteiger partial charge in [-0.15, -0.1) is 0 Å². The minimum Gasteiger partial charge on any atom is -0.481 e. The van der Waals surface area contributed by atoms with Gasteiger partial charge in [0.15, 0.2) is 0 Å². The van der Waals surface area contributed by atoms with Crippen LogP contribution >= 0.6 is 0 Å². The van der Waals surface area contributed by atoms with Crippen LogP contribution in [0.25, 0.3) is 0 Å². The molecular formula is C29H45N5O6S. The summed E-state index contributed by atoms with van der Waals surface area (Å²) in [5, 5.41) is 11.8. The van der Waals surface area contributed by atoms with E-state index in [2.05, 4.69) is 19.9 Å². The zero-order valence-electron chi connectivity index (χ0n) is 24.0. The summed E-state index contributed by atoms with van der Waals surface area (Å²) in [5.41, 5.74) is 0.855. The fourth-order valence-electron chi connectivity index (χ4n) is 6.63. The number of carbonyl (C=O) groups excluding carboxylic acids is 2. The van der Waals surface area contributed by atoms with Gasteiger partial charge in [0, 0.05) is 45.0 Å². The van der Waals surface area contributed by atoms with Crippen molar-refractivity contribution in [1.82, 2.24) is 24.8 Å². The lowest BCUT2D eigenvalue weighted by Crippen LogP contribution is -2.48. The number of aromatic nitrogens is 1. The lowest BCUT2D eigenvalue weighted by molar-refractivity contribution is -0.143. The average molecular weight is 592 g/mol. The largest absolute Gasteiger partial charge is 0.481 e.